The van der Waals surface area contributed by atoms with Gasteiger partial charge in [0.05, 0.1) is 18.8 Å². The van der Waals surface area contributed by atoms with Gasteiger partial charge >= 0.3 is 0 Å². The van der Waals surface area contributed by atoms with Crippen molar-refractivity contribution < 1.29 is 14.3 Å². The molecule has 7 heteroatoms. The van der Waals surface area contributed by atoms with Crippen molar-refractivity contribution in [2.24, 2.45) is 5.92 Å². The molecule has 2 amide bonds. The molecular weight excluding hydrogens is 428 g/mol. The summed E-state index contributed by atoms with van der Waals surface area (Å²) in [7, 11) is 0. The number of rotatable bonds is 7. The van der Waals surface area contributed by atoms with Crippen molar-refractivity contribution in [3.05, 3.63) is 59.2 Å². The Morgan fingerprint density at radius 1 is 1.00 bits per heavy atom. The van der Waals surface area contributed by atoms with E-state index in [-0.39, 0.29) is 17.7 Å². The lowest BCUT2D eigenvalue weighted by molar-refractivity contribution is -0.122. The van der Waals surface area contributed by atoms with Crippen molar-refractivity contribution in [3.63, 3.8) is 0 Å². The van der Waals surface area contributed by atoms with Crippen LogP contribution in [0.25, 0.3) is 0 Å². The molecule has 3 aliphatic rings. The number of fused-ring (bicyclic) bond motifs is 1. The first-order chi connectivity index (χ1) is 16.7. The van der Waals surface area contributed by atoms with E-state index in [1.54, 1.807) is 0 Å². The molecular formula is C27H34N4O3. The highest BCUT2D eigenvalue weighted by Gasteiger charge is 2.26. The molecule has 2 N–H and O–H groups in total. The Bertz CT molecular complexity index is 1030. The third-order valence-corrected chi connectivity index (χ3v) is 7.27. The van der Waals surface area contributed by atoms with E-state index in [1.165, 1.54) is 11.1 Å². The van der Waals surface area contributed by atoms with Crippen LogP contribution >= 0.6 is 0 Å². The van der Waals surface area contributed by atoms with Crippen LogP contribution in [0.1, 0.15) is 40.7 Å². The van der Waals surface area contributed by atoms with E-state index in [0.29, 0.717) is 17.8 Å². The second kappa shape index (κ2) is 10.6. The Morgan fingerprint density at radius 3 is 2.56 bits per heavy atom. The molecule has 0 atom stereocenters. The lowest BCUT2D eigenvalue weighted by atomic mass is 9.85. The van der Waals surface area contributed by atoms with Crippen LogP contribution in [0, 0.1) is 5.92 Å². The fourth-order valence-corrected chi connectivity index (χ4v) is 4.94. The molecule has 1 aliphatic carbocycles. The zero-order valence-electron chi connectivity index (χ0n) is 19.7. The van der Waals surface area contributed by atoms with Crippen LogP contribution in [0.2, 0.25) is 0 Å². The predicted octanol–water partition coefficient (Wildman–Crippen LogP) is 3.05. The average Bonchev–Trinajstić information content (AvgIpc) is 2.83. The highest BCUT2D eigenvalue weighted by Crippen LogP contribution is 2.31. The second-order valence-corrected chi connectivity index (χ2v) is 9.50. The number of benzene rings is 2. The molecule has 0 unspecified atom stereocenters. The molecule has 0 spiro atoms. The van der Waals surface area contributed by atoms with Crippen molar-refractivity contribution in [2.45, 2.75) is 32.2 Å². The molecule has 180 valence electrons. The normalized spacial score (nSPS) is 18.6. The molecule has 7 nitrogen and oxygen atoms in total. The summed E-state index contributed by atoms with van der Waals surface area (Å²) in [6.07, 6.45) is 3.97. The van der Waals surface area contributed by atoms with Crippen LogP contribution in [0.15, 0.2) is 42.5 Å². The number of hydrogen-bond donors (Lipinski definition) is 2. The van der Waals surface area contributed by atoms with E-state index in [1.807, 2.05) is 18.2 Å². The first kappa shape index (κ1) is 22.9. The highest BCUT2D eigenvalue weighted by molar-refractivity contribution is 6.02. The standard InChI is InChI=1S/C27H34N4O3/c32-26(21-6-3-7-21)29-23-8-9-25(31-12-10-20-4-1-2-5-22(20)19-31)24(18-23)27(33)28-11-13-30-14-16-34-17-15-30/h1-2,4-5,8-9,18,21H,3,6-7,10-17,19H2,(H,28,33)(H,29,32). The summed E-state index contributed by atoms with van der Waals surface area (Å²) in [5.74, 6) is 0.0653. The summed E-state index contributed by atoms with van der Waals surface area (Å²) >= 11 is 0. The Morgan fingerprint density at radius 2 is 1.79 bits per heavy atom. The minimum absolute atomic E-state index is 0.0598. The van der Waals surface area contributed by atoms with E-state index >= 15 is 0 Å². The van der Waals surface area contributed by atoms with Gasteiger partial charge in [0.1, 0.15) is 0 Å². The molecule has 2 aromatic rings. The quantitative estimate of drug-likeness (QED) is 0.662. The van der Waals surface area contributed by atoms with Gasteiger partial charge in [0.15, 0.2) is 0 Å². The van der Waals surface area contributed by atoms with Crippen LogP contribution in [-0.2, 0) is 22.5 Å². The number of nitrogens with one attached hydrogen (secondary N) is 2. The van der Waals surface area contributed by atoms with Gasteiger partial charge in [-0.1, -0.05) is 30.7 Å². The van der Waals surface area contributed by atoms with Crippen LogP contribution < -0.4 is 15.5 Å². The van der Waals surface area contributed by atoms with Crippen LogP contribution in [0.4, 0.5) is 11.4 Å². The lowest BCUT2D eigenvalue weighted by Crippen LogP contribution is -2.41. The summed E-state index contributed by atoms with van der Waals surface area (Å²) in [6.45, 7) is 6.32. The van der Waals surface area contributed by atoms with Gasteiger partial charge in [-0.05, 0) is 48.6 Å². The summed E-state index contributed by atoms with van der Waals surface area (Å²) in [5, 5.41) is 6.14. The van der Waals surface area contributed by atoms with Gasteiger partial charge in [-0.2, -0.15) is 0 Å². The minimum Gasteiger partial charge on any atom is -0.379 e. The Kier molecular flexibility index (Phi) is 7.11. The molecule has 34 heavy (non-hydrogen) atoms. The fraction of sp³-hybridized carbons (Fsp3) is 0.481. The predicted molar refractivity (Wildman–Crippen MR) is 133 cm³/mol. The SMILES string of the molecule is O=C(NCCN1CCOCC1)c1cc(NC(=O)C2CCC2)ccc1N1CCc2ccccc2C1. The van der Waals surface area contributed by atoms with E-state index < -0.39 is 0 Å². The Hall–Kier alpha value is -2.90. The maximum atomic E-state index is 13.3. The summed E-state index contributed by atoms with van der Waals surface area (Å²) in [5.41, 5.74) is 4.90. The van der Waals surface area contributed by atoms with Crippen molar-refractivity contribution in [1.29, 1.82) is 0 Å². The zero-order valence-corrected chi connectivity index (χ0v) is 19.7. The molecule has 0 radical (unpaired) electrons. The van der Waals surface area contributed by atoms with Gasteiger partial charge in [-0.3, -0.25) is 14.5 Å². The fourth-order valence-electron chi connectivity index (χ4n) is 4.94. The largest absolute Gasteiger partial charge is 0.379 e. The number of hydrogen-bond acceptors (Lipinski definition) is 5. The molecule has 2 aliphatic heterocycles. The van der Waals surface area contributed by atoms with Gasteiger partial charge < -0.3 is 20.3 Å². The molecule has 5 rings (SSSR count). The molecule has 0 bridgehead atoms. The maximum absolute atomic E-state index is 13.3. The first-order valence-electron chi connectivity index (χ1n) is 12.5. The van der Waals surface area contributed by atoms with E-state index in [9.17, 15) is 9.59 Å². The molecule has 2 aromatic carbocycles. The van der Waals surface area contributed by atoms with Gasteiger partial charge in [-0.15, -0.1) is 0 Å². The van der Waals surface area contributed by atoms with Crippen LogP contribution in [0.3, 0.4) is 0 Å². The summed E-state index contributed by atoms with van der Waals surface area (Å²) in [6, 6.07) is 14.3. The van der Waals surface area contributed by atoms with Crippen molar-refractivity contribution in [3.8, 4) is 0 Å². The topological polar surface area (TPSA) is 73.9 Å². The number of carbonyl (C=O) groups excluding carboxylic acids is 2. The minimum atomic E-state index is -0.0955. The van der Waals surface area contributed by atoms with E-state index in [4.69, 9.17) is 4.74 Å². The van der Waals surface area contributed by atoms with Gasteiger partial charge in [0.2, 0.25) is 5.91 Å². The van der Waals surface area contributed by atoms with Crippen molar-refractivity contribution in [1.82, 2.24) is 10.2 Å². The Balaban J connectivity index is 1.32. The Labute approximate surface area is 201 Å². The highest BCUT2D eigenvalue weighted by atomic mass is 16.5. The number of nitrogens with zero attached hydrogens (tertiary/aromatic N) is 2. The third-order valence-electron chi connectivity index (χ3n) is 7.27. The average molecular weight is 463 g/mol. The number of carbonyl (C=O) groups is 2. The summed E-state index contributed by atoms with van der Waals surface area (Å²) in [4.78, 5) is 30.4. The van der Waals surface area contributed by atoms with Gasteiger partial charge in [-0.25, -0.2) is 0 Å². The van der Waals surface area contributed by atoms with Gasteiger partial charge in [0.25, 0.3) is 5.91 Å². The summed E-state index contributed by atoms with van der Waals surface area (Å²) < 4.78 is 5.41. The van der Waals surface area contributed by atoms with Gasteiger partial charge in [0, 0.05) is 56.6 Å². The lowest BCUT2D eigenvalue weighted by Gasteiger charge is -2.32. The van der Waals surface area contributed by atoms with Crippen molar-refractivity contribution in [2.75, 3.05) is 56.2 Å². The van der Waals surface area contributed by atoms with Crippen LogP contribution in [-0.4, -0.2) is 62.7 Å². The number of morpholine rings is 1. The zero-order chi connectivity index (χ0) is 23.3. The molecule has 0 aromatic heterocycles. The number of amides is 2. The van der Waals surface area contributed by atoms with Crippen molar-refractivity contribution >= 4 is 23.2 Å². The van der Waals surface area contributed by atoms with Crippen LogP contribution in [0.5, 0.6) is 0 Å². The number of anilines is 2. The third kappa shape index (κ3) is 5.26. The van der Waals surface area contributed by atoms with E-state index in [2.05, 4.69) is 44.7 Å². The molecule has 1 saturated carbocycles. The molecule has 2 heterocycles. The molecule has 2 fully saturated rings. The first-order valence-corrected chi connectivity index (χ1v) is 12.5. The maximum Gasteiger partial charge on any atom is 0.253 e. The monoisotopic (exact) mass is 462 g/mol. The number of ether oxygens (including phenoxy) is 1. The second-order valence-electron chi connectivity index (χ2n) is 9.50. The molecule has 1 saturated heterocycles. The van der Waals surface area contributed by atoms with E-state index in [0.717, 1.165) is 77.3 Å². The smallest absolute Gasteiger partial charge is 0.253 e.